The van der Waals surface area contributed by atoms with Gasteiger partial charge in [0.05, 0.1) is 24.2 Å². The van der Waals surface area contributed by atoms with Crippen molar-refractivity contribution in [2.45, 2.75) is 181 Å². The molecule has 4 aliphatic rings. The summed E-state index contributed by atoms with van der Waals surface area (Å²) in [6.45, 7) is 17.7. The number of likely N-dealkylation sites (N-methyl/N-ethyl adjacent to an activating group) is 2. The van der Waals surface area contributed by atoms with Gasteiger partial charge in [-0.2, -0.15) is 0 Å². The smallest absolute Gasteiger partial charge is 0.251 e. The monoisotopic (exact) mass is 1110 g/mol. The van der Waals surface area contributed by atoms with Gasteiger partial charge in [0.15, 0.2) is 0 Å². The molecule has 2 aliphatic heterocycles. The molecule has 1 fully saturated rings. The Morgan fingerprint density at radius 2 is 1.17 bits per heavy atom. The number of carbonyl (C=O) groups is 7. The Hall–Kier alpha value is -7.11. The van der Waals surface area contributed by atoms with Gasteiger partial charge in [0.1, 0.15) is 36.5 Å². The molecule has 81 heavy (non-hydrogen) atoms. The van der Waals surface area contributed by atoms with Crippen molar-refractivity contribution in [1.82, 2.24) is 47.0 Å². The number of amides is 7. The highest BCUT2D eigenvalue weighted by Gasteiger charge is 2.47. The predicted octanol–water partition coefficient (Wildman–Crippen LogP) is 6.27. The number of aryl methyl sites for hydroxylation is 2. The second kappa shape index (κ2) is 25.8. The number of hydrogen-bond acceptors (Lipinski definition) is 10. The zero-order valence-electron chi connectivity index (χ0n) is 49.0. The number of hydrogen-bond donors (Lipinski definition) is 7. The van der Waals surface area contributed by atoms with Crippen LogP contribution in [0.25, 0.3) is 0 Å². The van der Waals surface area contributed by atoms with E-state index >= 15 is 0 Å². The van der Waals surface area contributed by atoms with E-state index in [1.54, 1.807) is 37.9 Å². The number of ether oxygens (including phenoxy) is 1. The van der Waals surface area contributed by atoms with Crippen LogP contribution in [0.5, 0.6) is 5.75 Å². The highest BCUT2D eigenvalue weighted by molar-refractivity contribution is 5.97. The lowest BCUT2D eigenvalue weighted by atomic mass is 9.83. The molecule has 7 N–H and O–H groups in total. The van der Waals surface area contributed by atoms with E-state index in [-0.39, 0.29) is 80.1 Å². The van der Waals surface area contributed by atoms with Crippen LogP contribution in [0.4, 0.5) is 0 Å². The molecule has 9 atom stereocenters. The average molecular weight is 1110 g/mol. The van der Waals surface area contributed by atoms with Gasteiger partial charge in [-0.15, -0.1) is 0 Å². The van der Waals surface area contributed by atoms with E-state index < -0.39 is 59.0 Å². The number of fused-ring (bicyclic) bond motifs is 3. The van der Waals surface area contributed by atoms with Gasteiger partial charge in [0, 0.05) is 31.1 Å². The van der Waals surface area contributed by atoms with Crippen LogP contribution in [0.15, 0.2) is 91.0 Å². The normalized spacial score (nSPS) is 21.1. The first-order chi connectivity index (χ1) is 38.5. The van der Waals surface area contributed by atoms with Gasteiger partial charge >= 0.3 is 0 Å². The van der Waals surface area contributed by atoms with Crippen molar-refractivity contribution in [2.24, 2.45) is 10.8 Å². The van der Waals surface area contributed by atoms with Crippen LogP contribution < -0.4 is 42.0 Å². The largest absolute Gasteiger partial charge is 0.489 e. The van der Waals surface area contributed by atoms with Crippen molar-refractivity contribution >= 4 is 41.4 Å². The predicted molar refractivity (Wildman–Crippen MR) is 312 cm³/mol. The number of likely N-dealkylation sites (tertiary alicyclic amines) is 1. The molecular formula is C64H85N9O8. The summed E-state index contributed by atoms with van der Waals surface area (Å²) in [5.74, 6) is -1.74. The number of rotatable bonds is 18. The van der Waals surface area contributed by atoms with Crippen molar-refractivity contribution < 1.29 is 38.3 Å². The standard InChI is InChI=1S/C64H85N9O8/c1-11-66-39(3)57(75)71-54(63(4,5)6)61(79)72-35-45-32-47(31-30-44(45)33-52(72)59(77)68-50-24-16-20-41-18-12-14-22-48(41)50)81-37-40-26-28-43(29-27-40)58(76)67-46-34-53(60(78)69-51-25-17-21-42-19-13-15-23-49(42)51)73(36-46)62(80)55(64(7,8)9)70-56(74)38(2)65-10/h12-15,18-19,22-23,26-32,38-39,46,50-55,65-66H,11,16-17,20-21,24-25,33-37H2,1-10H3,(H,67,76)(H,68,77)(H,69,78)(H,70,74)(H,71,75)/t38?,39?,46-,50+,51+,52?,53-,54?,55?/m0/s1. The topological polar surface area (TPSA) is 219 Å². The van der Waals surface area contributed by atoms with Crippen molar-refractivity contribution in [1.29, 1.82) is 0 Å². The molecule has 0 radical (unpaired) electrons. The summed E-state index contributed by atoms with van der Waals surface area (Å²) in [4.78, 5) is 102. The lowest BCUT2D eigenvalue weighted by Gasteiger charge is -2.42. The molecule has 0 aromatic heterocycles. The van der Waals surface area contributed by atoms with Crippen molar-refractivity contribution in [3.05, 3.63) is 136 Å². The molecule has 5 unspecified atom stereocenters. The number of benzene rings is 4. The Balaban J connectivity index is 0.957. The maximum Gasteiger partial charge on any atom is 0.251 e. The van der Waals surface area contributed by atoms with Crippen molar-refractivity contribution in [2.75, 3.05) is 20.1 Å². The fourth-order valence-corrected chi connectivity index (χ4v) is 11.8. The summed E-state index contributed by atoms with van der Waals surface area (Å²) in [6.07, 6.45) is 5.73. The molecule has 4 aromatic rings. The zero-order valence-corrected chi connectivity index (χ0v) is 49.0. The number of carbonyl (C=O) groups excluding carboxylic acids is 7. The molecule has 1 saturated heterocycles. The fraction of sp³-hybridized carbons (Fsp3) is 0.516. The van der Waals surface area contributed by atoms with Gasteiger partial charge in [-0.05, 0) is 146 Å². The minimum Gasteiger partial charge on any atom is -0.489 e. The van der Waals surface area contributed by atoms with E-state index in [9.17, 15) is 33.6 Å². The van der Waals surface area contributed by atoms with E-state index in [0.29, 0.717) is 17.9 Å². The van der Waals surface area contributed by atoms with Gasteiger partial charge in [0.25, 0.3) is 5.91 Å². The third kappa shape index (κ3) is 14.3. The van der Waals surface area contributed by atoms with Gasteiger partial charge in [0.2, 0.25) is 35.4 Å². The molecule has 0 saturated carbocycles. The summed E-state index contributed by atoms with van der Waals surface area (Å²) < 4.78 is 6.35. The van der Waals surface area contributed by atoms with E-state index in [4.69, 9.17) is 4.74 Å². The molecular weight excluding hydrogens is 1020 g/mol. The first-order valence-corrected chi connectivity index (χ1v) is 29.1. The Kier molecular flexibility index (Phi) is 19.1. The summed E-state index contributed by atoms with van der Waals surface area (Å²) in [7, 11) is 1.67. The summed E-state index contributed by atoms with van der Waals surface area (Å²) in [6, 6.07) is 23.4. The van der Waals surface area contributed by atoms with E-state index in [1.165, 1.54) is 16.0 Å². The molecule has 434 valence electrons. The quantitative estimate of drug-likeness (QED) is 0.0592. The lowest BCUT2D eigenvalue weighted by molar-refractivity contribution is -0.147. The third-order valence-corrected chi connectivity index (χ3v) is 16.6. The van der Waals surface area contributed by atoms with E-state index in [1.807, 2.05) is 109 Å². The first kappa shape index (κ1) is 60.0. The minimum absolute atomic E-state index is 0.0691. The summed E-state index contributed by atoms with van der Waals surface area (Å²) in [5.41, 5.74) is 6.09. The molecule has 0 spiro atoms. The second-order valence-corrected chi connectivity index (χ2v) is 24.7. The second-order valence-electron chi connectivity index (χ2n) is 24.7. The van der Waals surface area contributed by atoms with Gasteiger partial charge in [-0.1, -0.05) is 115 Å². The summed E-state index contributed by atoms with van der Waals surface area (Å²) >= 11 is 0. The SMILES string of the molecule is CCNC(C)C(=O)NC(C(=O)N1Cc2cc(OCc3ccc(C(=O)N[C@H]4C[C@@H](C(=O)N[C@@H]5CCCc6ccccc65)N(C(=O)C(NC(=O)C(C)NC)C(C)(C)C)C4)cc3)ccc2CC1C(=O)N[C@@H]1CCCc2ccccc21)C(C)(C)C. The maximum absolute atomic E-state index is 14.9. The Bertz CT molecular complexity index is 2950. The van der Waals surface area contributed by atoms with Crippen LogP contribution in [-0.4, -0.2) is 114 Å². The average Bonchev–Trinajstić information content (AvgIpc) is 4.14. The Morgan fingerprint density at radius 3 is 1.73 bits per heavy atom. The van der Waals surface area contributed by atoms with Crippen LogP contribution in [0.1, 0.15) is 156 Å². The third-order valence-electron chi connectivity index (χ3n) is 16.6. The lowest BCUT2D eigenvalue weighted by Crippen LogP contribution is -2.62. The molecule has 4 aromatic carbocycles. The highest BCUT2D eigenvalue weighted by atomic mass is 16.5. The molecule has 17 nitrogen and oxygen atoms in total. The highest BCUT2D eigenvalue weighted by Crippen LogP contribution is 2.35. The number of nitrogens with one attached hydrogen (secondary N) is 7. The van der Waals surface area contributed by atoms with Gasteiger partial charge in [-0.3, -0.25) is 33.6 Å². The molecule has 0 bridgehead atoms. The van der Waals surface area contributed by atoms with Crippen LogP contribution >= 0.6 is 0 Å². The van der Waals surface area contributed by atoms with Crippen LogP contribution in [0, 0.1) is 10.8 Å². The molecule has 2 aliphatic carbocycles. The molecule has 7 amide bonds. The zero-order chi connectivity index (χ0) is 58.3. The first-order valence-electron chi connectivity index (χ1n) is 29.1. The van der Waals surface area contributed by atoms with Crippen LogP contribution in [0.3, 0.4) is 0 Å². The Morgan fingerprint density at radius 1 is 0.630 bits per heavy atom. The van der Waals surface area contributed by atoms with Crippen LogP contribution in [0.2, 0.25) is 0 Å². The van der Waals surface area contributed by atoms with E-state index in [0.717, 1.165) is 66.3 Å². The number of nitrogens with zero attached hydrogens (tertiary/aromatic N) is 2. The maximum atomic E-state index is 14.9. The molecule has 8 rings (SSSR count). The molecule has 2 heterocycles. The fourth-order valence-electron chi connectivity index (χ4n) is 11.8. The van der Waals surface area contributed by atoms with Gasteiger partial charge in [-0.25, -0.2) is 0 Å². The van der Waals surface area contributed by atoms with Crippen LogP contribution in [-0.2, 0) is 61.2 Å². The van der Waals surface area contributed by atoms with E-state index in [2.05, 4.69) is 55.4 Å². The Labute approximate surface area is 478 Å². The van der Waals surface area contributed by atoms with Gasteiger partial charge < -0.3 is 51.8 Å². The minimum atomic E-state index is -0.948. The molecule has 17 heteroatoms. The van der Waals surface area contributed by atoms with Crippen molar-refractivity contribution in [3.8, 4) is 5.75 Å². The van der Waals surface area contributed by atoms with Crippen molar-refractivity contribution in [3.63, 3.8) is 0 Å². The summed E-state index contributed by atoms with van der Waals surface area (Å²) in [5, 5.41) is 21.7.